The van der Waals surface area contributed by atoms with E-state index in [2.05, 4.69) is 22.0 Å². The minimum Gasteiger partial charge on any atom is -0.351 e. The maximum absolute atomic E-state index is 13.5. The summed E-state index contributed by atoms with van der Waals surface area (Å²) in [6.45, 7) is 8.77. The molecule has 1 saturated heterocycles. The predicted molar refractivity (Wildman–Crippen MR) is 97.0 cm³/mol. The van der Waals surface area contributed by atoms with Crippen LogP contribution in [0, 0.1) is 17.3 Å². The van der Waals surface area contributed by atoms with Gasteiger partial charge < -0.3 is 10.2 Å². The number of nitrogens with one attached hydrogen (secondary N) is 1. The fourth-order valence-electron chi connectivity index (χ4n) is 6.86. The number of hydrogen-bond acceptors (Lipinski definition) is 3. The molecule has 0 radical (unpaired) electrons. The number of carbonyl (C=O) groups is 2. The van der Waals surface area contributed by atoms with E-state index in [0.717, 1.165) is 64.8 Å². The molecule has 1 N–H and O–H groups in total. The first-order chi connectivity index (χ1) is 11.9. The molecular formula is C20H33N3O2. The third-order valence-electron chi connectivity index (χ3n) is 7.16. The van der Waals surface area contributed by atoms with E-state index in [4.69, 9.17) is 0 Å². The zero-order chi connectivity index (χ0) is 17.7. The zero-order valence-corrected chi connectivity index (χ0v) is 15.9. The van der Waals surface area contributed by atoms with Crippen molar-refractivity contribution in [2.45, 2.75) is 64.3 Å². The van der Waals surface area contributed by atoms with Crippen LogP contribution in [0.4, 0.5) is 0 Å². The highest BCUT2D eigenvalue weighted by atomic mass is 16.2. The lowest BCUT2D eigenvalue weighted by molar-refractivity contribution is -0.164. The second-order valence-corrected chi connectivity index (χ2v) is 9.34. The summed E-state index contributed by atoms with van der Waals surface area (Å²) >= 11 is 0. The first-order valence-corrected chi connectivity index (χ1v) is 10.2. The van der Waals surface area contributed by atoms with E-state index in [1.54, 1.807) is 6.92 Å². The lowest BCUT2D eigenvalue weighted by Crippen LogP contribution is -2.66. The Bertz CT molecular complexity index is 539. The number of carbonyl (C=O) groups excluding carboxylic acids is 2. The van der Waals surface area contributed by atoms with Crippen molar-refractivity contribution < 1.29 is 9.59 Å². The lowest BCUT2D eigenvalue weighted by atomic mass is 9.46. The van der Waals surface area contributed by atoms with Gasteiger partial charge in [0, 0.05) is 38.6 Å². The van der Waals surface area contributed by atoms with Crippen molar-refractivity contribution in [2.75, 3.05) is 32.7 Å². The van der Waals surface area contributed by atoms with Gasteiger partial charge in [0.25, 0.3) is 0 Å². The monoisotopic (exact) mass is 347 g/mol. The number of hydrogen-bond donors (Lipinski definition) is 1. The van der Waals surface area contributed by atoms with Crippen LogP contribution in [-0.4, -0.2) is 59.9 Å². The summed E-state index contributed by atoms with van der Waals surface area (Å²) in [5.74, 6) is 1.71. The van der Waals surface area contributed by atoms with Crippen LogP contribution in [0.1, 0.15) is 58.8 Å². The molecule has 4 saturated carbocycles. The summed E-state index contributed by atoms with van der Waals surface area (Å²) < 4.78 is 0. The third-order valence-corrected chi connectivity index (χ3v) is 7.16. The van der Waals surface area contributed by atoms with Gasteiger partial charge in [0.2, 0.25) is 11.8 Å². The second kappa shape index (κ2) is 6.26. The summed E-state index contributed by atoms with van der Waals surface area (Å²) in [5, 5.41) is 3.28. The van der Waals surface area contributed by atoms with E-state index in [1.807, 2.05) is 0 Å². The van der Waals surface area contributed by atoms with Gasteiger partial charge in [0.15, 0.2) is 0 Å². The van der Waals surface area contributed by atoms with Crippen LogP contribution in [0.15, 0.2) is 0 Å². The van der Waals surface area contributed by atoms with Crippen LogP contribution < -0.4 is 5.32 Å². The number of rotatable bonds is 4. The first-order valence-electron chi connectivity index (χ1n) is 10.2. The summed E-state index contributed by atoms with van der Waals surface area (Å²) in [6.07, 6.45) is 7.60. The fraction of sp³-hybridized carbons (Fsp3) is 0.900. The van der Waals surface area contributed by atoms with Gasteiger partial charge in [-0.2, -0.15) is 0 Å². The van der Waals surface area contributed by atoms with Gasteiger partial charge in [-0.25, -0.2) is 0 Å². The second-order valence-electron chi connectivity index (χ2n) is 9.34. The lowest BCUT2D eigenvalue weighted by Gasteiger charge is -2.62. The Labute approximate surface area is 151 Å². The molecule has 1 heterocycles. The largest absolute Gasteiger partial charge is 0.351 e. The van der Waals surface area contributed by atoms with E-state index in [0.29, 0.717) is 17.7 Å². The molecule has 2 amide bonds. The molecule has 0 aromatic rings. The van der Waals surface area contributed by atoms with Crippen LogP contribution in [0.25, 0.3) is 0 Å². The topological polar surface area (TPSA) is 52.6 Å². The van der Waals surface area contributed by atoms with Gasteiger partial charge in [0.1, 0.15) is 0 Å². The van der Waals surface area contributed by atoms with Gasteiger partial charge in [-0.05, 0) is 63.3 Å². The highest BCUT2D eigenvalue weighted by Gasteiger charge is 2.61. The molecule has 5 rings (SSSR count). The minimum atomic E-state index is -0.195. The Morgan fingerprint density at radius 3 is 2.24 bits per heavy atom. The Morgan fingerprint density at radius 2 is 1.68 bits per heavy atom. The third kappa shape index (κ3) is 3.09. The molecule has 5 nitrogen and oxygen atoms in total. The Kier molecular flexibility index (Phi) is 4.33. The van der Waals surface area contributed by atoms with Crippen molar-refractivity contribution in [1.82, 2.24) is 15.1 Å². The van der Waals surface area contributed by atoms with Gasteiger partial charge in [-0.15, -0.1) is 0 Å². The van der Waals surface area contributed by atoms with Crippen molar-refractivity contribution in [3.63, 3.8) is 0 Å². The molecule has 4 bridgehead atoms. The van der Waals surface area contributed by atoms with Crippen LogP contribution in [0.5, 0.6) is 0 Å². The molecular weight excluding hydrogens is 314 g/mol. The molecule has 2 unspecified atom stereocenters. The summed E-state index contributed by atoms with van der Waals surface area (Å²) in [5.41, 5.74) is -0.297. The molecule has 140 valence electrons. The van der Waals surface area contributed by atoms with Gasteiger partial charge in [0.05, 0.1) is 5.41 Å². The Balaban J connectivity index is 1.50. The summed E-state index contributed by atoms with van der Waals surface area (Å²) in [6, 6.07) is 0. The molecule has 5 fully saturated rings. The SMILES string of the molecule is CCCN1CCN(C(=O)C23CC4CC(CC(NC(C)=O)(C4)C2)C3)CC1. The van der Waals surface area contributed by atoms with Crippen molar-refractivity contribution in [3.8, 4) is 0 Å². The van der Waals surface area contributed by atoms with E-state index in [1.165, 1.54) is 12.8 Å². The fourth-order valence-corrected chi connectivity index (χ4v) is 6.86. The van der Waals surface area contributed by atoms with Gasteiger partial charge in [-0.3, -0.25) is 14.5 Å². The van der Waals surface area contributed by atoms with Crippen molar-refractivity contribution >= 4 is 11.8 Å². The molecule has 2 atom stereocenters. The molecule has 5 aliphatic rings. The van der Waals surface area contributed by atoms with E-state index in [9.17, 15) is 9.59 Å². The Hall–Kier alpha value is -1.10. The quantitative estimate of drug-likeness (QED) is 0.846. The normalized spacial score (nSPS) is 40.3. The standard InChI is InChI=1S/C20H33N3O2/c1-3-4-22-5-7-23(8-6-22)18(25)19-10-16-9-17(11-19)13-20(12-16,14-19)21-15(2)24/h16-17H,3-14H2,1-2H3,(H,21,24). The van der Waals surface area contributed by atoms with Crippen molar-refractivity contribution in [3.05, 3.63) is 0 Å². The maximum atomic E-state index is 13.5. The van der Waals surface area contributed by atoms with Crippen molar-refractivity contribution in [1.29, 1.82) is 0 Å². The Morgan fingerprint density at radius 1 is 1.04 bits per heavy atom. The molecule has 0 aromatic heterocycles. The molecule has 0 spiro atoms. The van der Waals surface area contributed by atoms with Crippen LogP contribution in [0.2, 0.25) is 0 Å². The zero-order valence-electron chi connectivity index (χ0n) is 15.9. The highest BCUT2D eigenvalue weighted by Crippen LogP contribution is 2.62. The number of piperazine rings is 1. The van der Waals surface area contributed by atoms with Crippen LogP contribution in [-0.2, 0) is 9.59 Å². The highest BCUT2D eigenvalue weighted by molar-refractivity contribution is 5.84. The molecule has 5 heteroatoms. The molecule has 0 aromatic carbocycles. The molecule has 25 heavy (non-hydrogen) atoms. The number of amides is 2. The van der Waals surface area contributed by atoms with Crippen LogP contribution >= 0.6 is 0 Å². The van der Waals surface area contributed by atoms with E-state index >= 15 is 0 Å². The summed E-state index contributed by atoms with van der Waals surface area (Å²) in [4.78, 5) is 29.9. The average Bonchev–Trinajstić information content (AvgIpc) is 2.52. The van der Waals surface area contributed by atoms with Crippen LogP contribution in [0.3, 0.4) is 0 Å². The maximum Gasteiger partial charge on any atom is 0.228 e. The average molecular weight is 348 g/mol. The summed E-state index contributed by atoms with van der Waals surface area (Å²) in [7, 11) is 0. The van der Waals surface area contributed by atoms with Gasteiger partial charge in [-0.1, -0.05) is 6.92 Å². The first kappa shape index (κ1) is 17.3. The van der Waals surface area contributed by atoms with E-state index in [-0.39, 0.29) is 16.9 Å². The van der Waals surface area contributed by atoms with E-state index < -0.39 is 0 Å². The smallest absolute Gasteiger partial charge is 0.228 e. The minimum absolute atomic E-state index is 0.0673. The van der Waals surface area contributed by atoms with Crippen molar-refractivity contribution in [2.24, 2.45) is 17.3 Å². The predicted octanol–water partition coefficient (Wildman–Crippen LogP) is 2.02. The molecule has 4 aliphatic carbocycles. The van der Waals surface area contributed by atoms with Gasteiger partial charge >= 0.3 is 0 Å². The number of nitrogens with zero attached hydrogens (tertiary/aromatic N) is 2. The molecule has 1 aliphatic heterocycles.